The van der Waals surface area contributed by atoms with Crippen molar-refractivity contribution in [2.24, 2.45) is 5.73 Å². The Kier molecular flexibility index (Phi) is 7.17. The molecule has 0 radical (unpaired) electrons. The number of urea groups is 1. The fraction of sp³-hybridized carbons (Fsp3) is 0.429. The number of carbonyl (C=O) groups excluding carboxylic acids is 2. The first kappa shape index (κ1) is 20.5. The summed E-state index contributed by atoms with van der Waals surface area (Å²) in [5.74, 6) is 0.773. The average molecular weight is 401 g/mol. The first-order valence-corrected chi connectivity index (χ1v) is 11.0. The van der Waals surface area contributed by atoms with Gasteiger partial charge in [-0.05, 0) is 34.8 Å². The molecule has 1 fully saturated rings. The van der Waals surface area contributed by atoms with Crippen LogP contribution in [0.2, 0.25) is 0 Å². The largest absolute Gasteiger partial charge is 0.352 e. The summed E-state index contributed by atoms with van der Waals surface area (Å²) in [5.41, 5.74) is 6.56. The number of piperazine rings is 1. The Bertz CT molecular complexity index is 816. The van der Waals surface area contributed by atoms with E-state index in [1.54, 1.807) is 11.8 Å². The Morgan fingerprint density at radius 1 is 1.11 bits per heavy atom. The molecule has 1 unspecified atom stereocenters. The third-order valence-corrected chi connectivity index (χ3v) is 5.83. The number of benzene rings is 2. The molecule has 2 aromatic carbocycles. The predicted molar refractivity (Wildman–Crippen MR) is 115 cm³/mol. The molecule has 3 rings (SSSR count). The summed E-state index contributed by atoms with van der Waals surface area (Å²) >= 11 is 1.65. The molecule has 1 saturated heterocycles. The van der Waals surface area contributed by atoms with Gasteiger partial charge >= 0.3 is 6.03 Å². The first-order valence-electron chi connectivity index (χ1n) is 9.61. The highest BCUT2D eigenvalue weighted by atomic mass is 32.2. The van der Waals surface area contributed by atoms with Crippen molar-refractivity contribution < 1.29 is 9.59 Å². The zero-order valence-electron chi connectivity index (χ0n) is 16.3. The minimum Gasteiger partial charge on any atom is -0.352 e. The van der Waals surface area contributed by atoms with Gasteiger partial charge < -0.3 is 16.0 Å². The lowest BCUT2D eigenvalue weighted by Crippen LogP contribution is -2.55. The zero-order chi connectivity index (χ0) is 19.9. The van der Waals surface area contributed by atoms with Crippen LogP contribution in [0.5, 0.6) is 0 Å². The van der Waals surface area contributed by atoms with Gasteiger partial charge in [0.05, 0.1) is 0 Å². The van der Waals surface area contributed by atoms with Crippen LogP contribution >= 0.6 is 11.8 Å². The SMILES string of the molecule is CSCCC(NC(N)=O)C(=O)N1CCN(Cc2cccc3ccccc23)CC1. The molecule has 7 heteroatoms. The van der Waals surface area contributed by atoms with Crippen molar-refractivity contribution in [3.63, 3.8) is 0 Å². The summed E-state index contributed by atoms with van der Waals surface area (Å²) in [6.45, 7) is 3.85. The summed E-state index contributed by atoms with van der Waals surface area (Å²) < 4.78 is 0. The maximum atomic E-state index is 12.8. The van der Waals surface area contributed by atoms with Crippen LogP contribution < -0.4 is 11.1 Å². The van der Waals surface area contributed by atoms with E-state index < -0.39 is 12.1 Å². The molecule has 0 aliphatic carbocycles. The Balaban J connectivity index is 1.58. The molecule has 1 aliphatic rings. The van der Waals surface area contributed by atoms with E-state index in [0.29, 0.717) is 19.5 Å². The lowest BCUT2D eigenvalue weighted by molar-refractivity contribution is -0.135. The number of carbonyl (C=O) groups is 2. The van der Waals surface area contributed by atoms with Gasteiger partial charge in [0.25, 0.3) is 0 Å². The molecule has 3 N–H and O–H groups in total. The quantitative estimate of drug-likeness (QED) is 0.747. The van der Waals surface area contributed by atoms with Gasteiger partial charge in [-0.2, -0.15) is 11.8 Å². The van der Waals surface area contributed by atoms with Gasteiger partial charge in [-0.25, -0.2) is 4.79 Å². The van der Waals surface area contributed by atoms with Crippen molar-refractivity contribution >= 4 is 34.5 Å². The van der Waals surface area contributed by atoms with E-state index >= 15 is 0 Å². The van der Waals surface area contributed by atoms with Crippen LogP contribution in [0.4, 0.5) is 4.79 Å². The minimum absolute atomic E-state index is 0.0299. The highest BCUT2D eigenvalue weighted by Crippen LogP contribution is 2.20. The van der Waals surface area contributed by atoms with Crippen molar-refractivity contribution in [3.05, 3.63) is 48.0 Å². The summed E-state index contributed by atoms with van der Waals surface area (Å²) in [4.78, 5) is 28.3. The topological polar surface area (TPSA) is 78.7 Å². The van der Waals surface area contributed by atoms with E-state index in [1.807, 2.05) is 11.2 Å². The molecule has 1 aliphatic heterocycles. The number of thioether (sulfide) groups is 1. The van der Waals surface area contributed by atoms with Crippen molar-refractivity contribution in [3.8, 4) is 0 Å². The fourth-order valence-corrected chi connectivity index (χ4v) is 4.15. The second-order valence-electron chi connectivity index (χ2n) is 7.08. The number of amides is 3. The van der Waals surface area contributed by atoms with E-state index in [9.17, 15) is 9.59 Å². The first-order chi connectivity index (χ1) is 13.6. The highest BCUT2D eigenvalue weighted by Gasteiger charge is 2.28. The zero-order valence-corrected chi connectivity index (χ0v) is 17.1. The van der Waals surface area contributed by atoms with Gasteiger partial charge in [0, 0.05) is 32.7 Å². The average Bonchev–Trinajstić information content (AvgIpc) is 2.71. The van der Waals surface area contributed by atoms with Crippen molar-refractivity contribution in [2.45, 2.75) is 19.0 Å². The van der Waals surface area contributed by atoms with Crippen LogP contribution in [-0.2, 0) is 11.3 Å². The second-order valence-corrected chi connectivity index (χ2v) is 8.07. The van der Waals surface area contributed by atoms with Crippen LogP contribution in [-0.4, -0.2) is 66.0 Å². The smallest absolute Gasteiger partial charge is 0.312 e. The summed E-state index contributed by atoms with van der Waals surface area (Å²) in [6.07, 6.45) is 2.58. The summed E-state index contributed by atoms with van der Waals surface area (Å²) in [7, 11) is 0. The maximum absolute atomic E-state index is 12.8. The standard InChI is InChI=1S/C21H28N4O2S/c1-28-14-9-19(23-21(22)27)20(26)25-12-10-24(11-13-25)15-17-7-4-6-16-5-2-3-8-18(16)17/h2-8,19H,9-15H2,1H3,(H3,22,23,27). The molecule has 28 heavy (non-hydrogen) atoms. The van der Waals surface area contributed by atoms with E-state index in [2.05, 4.69) is 52.7 Å². The maximum Gasteiger partial charge on any atom is 0.312 e. The van der Waals surface area contributed by atoms with Gasteiger partial charge in [-0.3, -0.25) is 9.69 Å². The van der Waals surface area contributed by atoms with E-state index in [1.165, 1.54) is 16.3 Å². The van der Waals surface area contributed by atoms with Crippen molar-refractivity contribution in [1.29, 1.82) is 0 Å². The number of nitrogens with two attached hydrogens (primary N) is 1. The summed E-state index contributed by atoms with van der Waals surface area (Å²) in [6, 6.07) is 13.7. The molecule has 0 bridgehead atoms. The van der Waals surface area contributed by atoms with Gasteiger partial charge in [0.1, 0.15) is 6.04 Å². The molecular weight excluding hydrogens is 372 g/mol. The lowest BCUT2D eigenvalue weighted by Gasteiger charge is -2.36. The molecule has 2 aromatic rings. The number of nitrogens with one attached hydrogen (secondary N) is 1. The molecule has 0 spiro atoms. The molecule has 0 aromatic heterocycles. The Hall–Kier alpha value is -2.25. The van der Waals surface area contributed by atoms with Gasteiger partial charge in [-0.15, -0.1) is 0 Å². The number of fused-ring (bicyclic) bond motifs is 1. The lowest BCUT2D eigenvalue weighted by atomic mass is 10.0. The highest BCUT2D eigenvalue weighted by molar-refractivity contribution is 7.98. The Morgan fingerprint density at radius 3 is 2.54 bits per heavy atom. The fourth-order valence-electron chi connectivity index (χ4n) is 3.68. The number of hydrogen-bond donors (Lipinski definition) is 2. The number of hydrogen-bond acceptors (Lipinski definition) is 4. The third kappa shape index (κ3) is 5.17. The predicted octanol–water partition coefficient (Wildman–Crippen LogP) is 2.27. The van der Waals surface area contributed by atoms with E-state index in [0.717, 1.165) is 25.4 Å². The van der Waals surface area contributed by atoms with E-state index in [-0.39, 0.29) is 5.91 Å². The van der Waals surface area contributed by atoms with Crippen LogP contribution in [0, 0.1) is 0 Å². The Morgan fingerprint density at radius 2 is 1.82 bits per heavy atom. The molecule has 3 amide bonds. The molecule has 1 heterocycles. The van der Waals surface area contributed by atoms with Crippen molar-refractivity contribution in [1.82, 2.24) is 15.1 Å². The Labute approximate surface area is 170 Å². The third-order valence-electron chi connectivity index (χ3n) is 5.18. The van der Waals surface area contributed by atoms with Crippen LogP contribution in [0.1, 0.15) is 12.0 Å². The summed E-state index contributed by atoms with van der Waals surface area (Å²) in [5, 5.41) is 5.14. The van der Waals surface area contributed by atoms with Crippen LogP contribution in [0.3, 0.4) is 0 Å². The number of rotatable bonds is 7. The van der Waals surface area contributed by atoms with Crippen LogP contribution in [0.25, 0.3) is 10.8 Å². The minimum atomic E-state index is -0.644. The monoisotopic (exact) mass is 400 g/mol. The normalized spacial score (nSPS) is 16.1. The van der Waals surface area contributed by atoms with Gasteiger partial charge in [-0.1, -0.05) is 42.5 Å². The molecule has 0 saturated carbocycles. The van der Waals surface area contributed by atoms with Crippen LogP contribution in [0.15, 0.2) is 42.5 Å². The van der Waals surface area contributed by atoms with E-state index in [4.69, 9.17) is 5.73 Å². The molecule has 6 nitrogen and oxygen atoms in total. The number of primary amides is 1. The van der Waals surface area contributed by atoms with Gasteiger partial charge in [0.2, 0.25) is 5.91 Å². The van der Waals surface area contributed by atoms with Gasteiger partial charge in [0.15, 0.2) is 0 Å². The number of nitrogens with zero attached hydrogens (tertiary/aromatic N) is 2. The molecule has 150 valence electrons. The molecule has 1 atom stereocenters. The second kappa shape index (κ2) is 9.80. The van der Waals surface area contributed by atoms with Crippen molar-refractivity contribution in [2.75, 3.05) is 38.2 Å². The molecular formula is C21H28N4O2S.